The molecule has 1 heterocycles. The Hall–Kier alpha value is -2.40. The third kappa shape index (κ3) is 2.48. The smallest absolute Gasteiger partial charge is 0.301 e. The van der Waals surface area contributed by atoms with Gasteiger partial charge in [-0.25, -0.2) is 9.69 Å². The van der Waals surface area contributed by atoms with Crippen LogP contribution < -0.4 is 10.2 Å². The summed E-state index contributed by atoms with van der Waals surface area (Å²) in [5, 5.41) is 2.62. The van der Waals surface area contributed by atoms with Crippen LogP contribution in [0.25, 0.3) is 4.48 Å². The minimum atomic E-state index is -0.450. The molecule has 0 bridgehead atoms. The van der Waals surface area contributed by atoms with E-state index in [0.29, 0.717) is 10.2 Å². The van der Waals surface area contributed by atoms with E-state index in [4.69, 9.17) is 0 Å². The van der Waals surface area contributed by atoms with E-state index in [1.54, 1.807) is 24.3 Å². The van der Waals surface area contributed by atoms with Crippen LogP contribution in [0, 0.1) is 0 Å². The van der Waals surface area contributed by atoms with Gasteiger partial charge in [-0.3, -0.25) is 4.79 Å². The summed E-state index contributed by atoms with van der Waals surface area (Å²) in [5.41, 5.74) is 1.62. The Balaban J connectivity index is 2.01. The van der Waals surface area contributed by atoms with E-state index in [0.717, 1.165) is 10.5 Å². The zero-order chi connectivity index (χ0) is 14.8. The van der Waals surface area contributed by atoms with Crippen molar-refractivity contribution in [3.63, 3.8) is 0 Å². The van der Waals surface area contributed by atoms with Crippen molar-refractivity contribution in [3.8, 4) is 0 Å². The van der Waals surface area contributed by atoms with Crippen molar-refractivity contribution in [3.05, 3.63) is 71.9 Å². The lowest BCUT2D eigenvalue weighted by atomic mass is 10.2. The molecule has 2 aromatic rings. The van der Waals surface area contributed by atoms with Crippen molar-refractivity contribution in [1.82, 2.24) is 5.32 Å². The minimum Gasteiger partial charge on any atom is -0.301 e. The van der Waals surface area contributed by atoms with Crippen LogP contribution in [-0.4, -0.2) is 11.9 Å². The normalized spacial score (nSPS) is 16.9. The van der Waals surface area contributed by atoms with Crippen molar-refractivity contribution in [2.75, 3.05) is 4.90 Å². The number of nitrogens with one attached hydrogen (secondary N) is 1. The van der Waals surface area contributed by atoms with Gasteiger partial charge in [0.05, 0.1) is 10.2 Å². The molecule has 5 heteroatoms. The zero-order valence-electron chi connectivity index (χ0n) is 10.9. The summed E-state index contributed by atoms with van der Waals surface area (Å²) in [4.78, 5) is 25.7. The first-order valence-electron chi connectivity index (χ1n) is 6.34. The third-order valence-electron chi connectivity index (χ3n) is 3.11. The van der Waals surface area contributed by atoms with Crippen LogP contribution in [0.1, 0.15) is 5.56 Å². The minimum absolute atomic E-state index is 0.245. The molecule has 4 nitrogen and oxygen atoms in total. The lowest BCUT2D eigenvalue weighted by Gasteiger charge is -2.11. The fourth-order valence-corrected chi connectivity index (χ4v) is 2.64. The average molecular weight is 343 g/mol. The summed E-state index contributed by atoms with van der Waals surface area (Å²) >= 11 is 3.40. The van der Waals surface area contributed by atoms with Gasteiger partial charge in [-0.05, 0) is 33.6 Å². The molecule has 2 aromatic carbocycles. The summed E-state index contributed by atoms with van der Waals surface area (Å²) < 4.78 is 0.569. The van der Waals surface area contributed by atoms with Crippen molar-refractivity contribution in [1.29, 1.82) is 0 Å². The van der Waals surface area contributed by atoms with Gasteiger partial charge in [-0.2, -0.15) is 0 Å². The molecule has 3 rings (SSSR count). The Morgan fingerprint density at radius 3 is 2.10 bits per heavy atom. The number of rotatable bonds is 2. The first kappa shape index (κ1) is 13.6. The monoisotopic (exact) mass is 342 g/mol. The summed E-state index contributed by atoms with van der Waals surface area (Å²) in [6.07, 6.45) is 0. The topological polar surface area (TPSA) is 49.4 Å². The van der Waals surface area contributed by atoms with Crippen LogP contribution in [0.3, 0.4) is 0 Å². The quantitative estimate of drug-likeness (QED) is 0.670. The van der Waals surface area contributed by atoms with E-state index in [9.17, 15) is 9.59 Å². The van der Waals surface area contributed by atoms with E-state index in [1.165, 1.54) is 0 Å². The van der Waals surface area contributed by atoms with Crippen LogP contribution in [0.15, 0.2) is 66.4 Å². The number of nitrogens with zero attached hydrogens (tertiary/aromatic N) is 1. The average Bonchev–Trinajstić information content (AvgIpc) is 2.83. The van der Waals surface area contributed by atoms with Crippen molar-refractivity contribution < 1.29 is 9.59 Å². The molecule has 21 heavy (non-hydrogen) atoms. The van der Waals surface area contributed by atoms with E-state index < -0.39 is 6.03 Å². The predicted molar refractivity (Wildman–Crippen MR) is 84.7 cm³/mol. The Labute approximate surface area is 130 Å². The molecule has 1 fully saturated rings. The Morgan fingerprint density at radius 2 is 1.48 bits per heavy atom. The first-order valence-corrected chi connectivity index (χ1v) is 7.13. The zero-order valence-corrected chi connectivity index (χ0v) is 12.5. The lowest BCUT2D eigenvalue weighted by Crippen LogP contribution is -2.30. The second-order valence-corrected chi connectivity index (χ2v) is 5.25. The molecule has 0 atom stereocenters. The van der Waals surface area contributed by atoms with E-state index in [1.807, 2.05) is 36.4 Å². The number of hydrogen-bond acceptors (Lipinski definition) is 2. The second kappa shape index (κ2) is 5.54. The predicted octanol–water partition coefficient (Wildman–Crippen LogP) is 3.51. The number of amides is 3. The van der Waals surface area contributed by atoms with Gasteiger partial charge in [0.15, 0.2) is 0 Å². The molecule has 1 saturated heterocycles. The van der Waals surface area contributed by atoms with Crippen molar-refractivity contribution in [2.45, 2.75) is 0 Å². The van der Waals surface area contributed by atoms with Crippen LogP contribution in [0.4, 0.5) is 10.5 Å². The van der Waals surface area contributed by atoms with Crippen molar-refractivity contribution >= 4 is 38.0 Å². The molecule has 0 saturated carbocycles. The summed E-state index contributed by atoms with van der Waals surface area (Å²) in [6, 6.07) is 17.7. The highest BCUT2D eigenvalue weighted by molar-refractivity contribution is 9.15. The number of carbonyl (C=O) groups is 2. The Bertz CT molecular complexity index is 726. The molecule has 1 aliphatic rings. The second-order valence-electron chi connectivity index (χ2n) is 4.46. The number of hydrogen-bond donors (Lipinski definition) is 1. The van der Waals surface area contributed by atoms with E-state index in [2.05, 4.69) is 21.2 Å². The number of halogens is 1. The van der Waals surface area contributed by atoms with Crippen LogP contribution >= 0.6 is 15.9 Å². The molecular weight excluding hydrogens is 332 g/mol. The number of urea groups is 1. The first-order chi connectivity index (χ1) is 10.2. The number of para-hydroxylation sites is 1. The molecule has 0 spiro atoms. The molecule has 0 unspecified atom stereocenters. The SMILES string of the molecule is O=C1NC(=C(Br)c2ccccc2)C(=O)N1c1ccccc1. The lowest BCUT2D eigenvalue weighted by molar-refractivity contribution is -0.113. The molecule has 0 aliphatic carbocycles. The standard InChI is InChI=1S/C16H11BrN2O2/c17-13(11-7-3-1-4-8-11)14-15(20)19(16(21)18-14)12-9-5-2-6-10-12/h1-10H,(H,18,21). The van der Waals surface area contributed by atoms with E-state index >= 15 is 0 Å². The van der Waals surface area contributed by atoms with E-state index in [-0.39, 0.29) is 11.6 Å². The summed E-state index contributed by atoms with van der Waals surface area (Å²) in [6.45, 7) is 0. The molecule has 0 radical (unpaired) electrons. The highest BCUT2D eigenvalue weighted by atomic mass is 79.9. The highest BCUT2D eigenvalue weighted by Crippen LogP contribution is 2.29. The Morgan fingerprint density at radius 1 is 0.905 bits per heavy atom. The van der Waals surface area contributed by atoms with Crippen molar-refractivity contribution in [2.24, 2.45) is 0 Å². The van der Waals surface area contributed by atoms with Gasteiger partial charge in [0.2, 0.25) is 0 Å². The molecule has 1 N–H and O–H groups in total. The largest absolute Gasteiger partial charge is 0.333 e. The number of benzene rings is 2. The maximum absolute atomic E-state index is 12.5. The van der Waals surface area contributed by atoms with Gasteiger partial charge in [-0.15, -0.1) is 0 Å². The van der Waals surface area contributed by atoms with Gasteiger partial charge in [0, 0.05) is 0 Å². The van der Waals surface area contributed by atoms with Gasteiger partial charge >= 0.3 is 6.03 Å². The summed E-state index contributed by atoms with van der Waals surface area (Å²) in [7, 11) is 0. The summed E-state index contributed by atoms with van der Waals surface area (Å²) in [5.74, 6) is -0.373. The van der Waals surface area contributed by atoms with Crippen LogP contribution in [-0.2, 0) is 4.79 Å². The van der Waals surface area contributed by atoms with Gasteiger partial charge in [0.1, 0.15) is 5.70 Å². The fraction of sp³-hybridized carbons (Fsp3) is 0. The molecule has 3 amide bonds. The molecule has 1 aliphatic heterocycles. The van der Waals surface area contributed by atoms with Gasteiger partial charge in [-0.1, -0.05) is 48.5 Å². The Kier molecular flexibility index (Phi) is 3.58. The third-order valence-corrected chi connectivity index (χ3v) is 3.97. The molecular formula is C16H11BrN2O2. The highest BCUT2D eigenvalue weighted by Gasteiger charge is 2.36. The number of carbonyl (C=O) groups excluding carboxylic acids is 2. The van der Waals surface area contributed by atoms with Crippen LogP contribution in [0.5, 0.6) is 0 Å². The number of imide groups is 1. The van der Waals surface area contributed by atoms with Crippen LogP contribution in [0.2, 0.25) is 0 Å². The molecule has 104 valence electrons. The van der Waals surface area contributed by atoms with Gasteiger partial charge < -0.3 is 5.32 Å². The molecule has 0 aromatic heterocycles. The van der Waals surface area contributed by atoms with Gasteiger partial charge in [0.25, 0.3) is 5.91 Å². The maximum atomic E-state index is 12.5. The fourth-order valence-electron chi connectivity index (χ4n) is 2.11. The number of anilines is 1. The maximum Gasteiger partial charge on any atom is 0.333 e.